The normalized spacial score (nSPS) is 51.9. The maximum absolute atomic E-state index is 11.3. The van der Waals surface area contributed by atoms with Crippen molar-refractivity contribution < 1.29 is 20.4 Å². The first-order valence-electron chi connectivity index (χ1n) is 12.9. The van der Waals surface area contributed by atoms with E-state index in [1.165, 1.54) is 6.42 Å². The lowest BCUT2D eigenvalue weighted by atomic mass is 9.43. The zero-order chi connectivity index (χ0) is 22.7. The van der Waals surface area contributed by atoms with Gasteiger partial charge in [0.2, 0.25) is 0 Å². The van der Waals surface area contributed by atoms with Crippen LogP contribution in [0.2, 0.25) is 0 Å². The molecule has 0 aromatic heterocycles. The Hall–Kier alpha value is -0.420. The first-order chi connectivity index (χ1) is 14.5. The maximum atomic E-state index is 11.3. The van der Waals surface area contributed by atoms with Crippen LogP contribution in [0.1, 0.15) is 79.6 Å². The Labute approximate surface area is 189 Å². The Morgan fingerprint density at radius 2 is 1.48 bits per heavy atom. The van der Waals surface area contributed by atoms with Crippen molar-refractivity contribution in [1.82, 2.24) is 0 Å². The summed E-state index contributed by atoms with van der Waals surface area (Å²) in [4.78, 5) is 0. The lowest BCUT2D eigenvalue weighted by molar-refractivity contribution is -0.180. The molecule has 12 unspecified atom stereocenters. The minimum Gasteiger partial charge on any atom is -0.393 e. The quantitative estimate of drug-likeness (QED) is 0.501. The molecule has 0 aromatic rings. The van der Waals surface area contributed by atoms with Crippen LogP contribution in [0.15, 0.2) is 12.2 Å². The van der Waals surface area contributed by atoms with E-state index < -0.39 is 6.10 Å². The van der Waals surface area contributed by atoms with E-state index in [-0.39, 0.29) is 46.9 Å². The Morgan fingerprint density at radius 3 is 2.16 bits per heavy atom. The molecule has 4 nitrogen and oxygen atoms in total. The average Bonchev–Trinajstić information content (AvgIpc) is 2.98. The Bertz CT molecular complexity index is 676. The molecule has 178 valence electrons. The summed E-state index contributed by atoms with van der Waals surface area (Å²) in [6, 6.07) is 0. The van der Waals surface area contributed by atoms with Crippen LogP contribution in [0, 0.1) is 52.3 Å². The fourth-order valence-corrected chi connectivity index (χ4v) is 8.85. The SMILES string of the molecule is CC(C)C(O)C=CC(C)C1CC(O)C2C3CC(O)C4CC(O)CCC4(C)C3CCC12C. The van der Waals surface area contributed by atoms with Gasteiger partial charge in [0, 0.05) is 0 Å². The van der Waals surface area contributed by atoms with Gasteiger partial charge >= 0.3 is 0 Å². The van der Waals surface area contributed by atoms with Crippen molar-refractivity contribution in [2.45, 2.75) is 104 Å². The third-order valence-electron chi connectivity index (χ3n) is 10.6. The van der Waals surface area contributed by atoms with Crippen molar-refractivity contribution in [2.75, 3.05) is 0 Å². The van der Waals surface area contributed by atoms with E-state index in [4.69, 9.17) is 0 Å². The molecule has 0 bridgehead atoms. The Morgan fingerprint density at radius 1 is 0.806 bits per heavy atom. The molecular formula is C27H46O4. The highest BCUT2D eigenvalue weighted by Gasteiger charge is 2.64. The van der Waals surface area contributed by atoms with Crippen molar-refractivity contribution in [1.29, 1.82) is 0 Å². The zero-order valence-electron chi connectivity index (χ0n) is 20.2. The molecule has 0 radical (unpaired) electrons. The highest BCUT2D eigenvalue weighted by Crippen LogP contribution is 2.68. The van der Waals surface area contributed by atoms with Crippen molar-refractivity contribution >= 4 is 0 Å². The number of allylic oxidation sites excluding steroid dienone is 1. The van der Waals surface area contributed by atoms with E-state index in [9.17, 15) is 20.4 Å². The maximum Gasteiger partial charge on any atom is 0.0743 e. The highest BCUT2D eigenvalue weighted by atomic mass is 16.3. The molecule has 4 heteroatoms. The van der Waals surface area contributed by atoms with Gasteiger partial charge in [0.25, 0.3) is 0 Å². The van der Waals surface area contributed by atoms with Crippen molar-refractivity contribution in [3.05, 3.63) is 12.2 Å². The van der Waals surface area contributed by atoms with Gasteiger partial charge in [-0.15, -0.1) is 0 Å². The van der Waals surface area contributed by atoms with Crippen molar-refractivity contribution in [3.63, 3.8) is 0 Å². The van der Waals surface area contributed by atoms with E-state index in [0.717, 1.165) is 38.5 Å². The minimum atomic E-state index is -0.417. The number of aliphatic hydroxyl groups excluding tert-OH is 4. The van der Waals surface area contributed by atoms with Crippen LogP contribution < -0.4 is 0 Å². The summed E-state index contributed by atoms with van der Waals surface area (Å²) in [5, 5.41) is 43.0. The van der Waals surface area contributed by atoms with Gasteiger partial charge in [-0.05, 0) is 97.2 Å². The summed E-state index contributed by atoms with van der Waals surface area (Å²) in [5.41, 5.74) is 0.151. The molecule has 0 amide bonds. The smallest absolute Gasteiger partial charge is 0.0743 e. The monoisotopic (exact) mass is 434 g/mol. The third-order valence-corrected chi connectivity index (χ3v) is 10.6. The topological polar surface area (TPSA) is 80.9 Å². The van der Waals surface area contributed by atoms with E-state index in [1.807, 2.05) is 19.9 Å². The van der Waals surface area contributed by atoms with Gasteiger partial charge < -0.3 is 20.4 Å². The standard InChI is InChI=1S/C27H46O4/c1-15(2)22(29)7-6-16(3)20-14-24(31)25-18-13-23(30)21-12-17(28)8-10-26(21,4)19(18)9-11-27(20,25)5/h6-7,15-25,28-31H,8-14H2,1-5H3. The molecule has 4 N–H and O–H groups in total. The summed E-state index contributed by atoms with van der Waals surface area (Å²) in [5.74, 6) is 2.26. The largest absolute Gasteiger partial charge is 0.393 e. The van der Waals surface area contributed by atoms with Crippen molar-refractivity contribution in [3.8, 4) is 0 Å². The molecule has 4 rings (SSSR count). The molecule has 0 heterocycles. The van der Waals surface area contributed by atoms with Gasteiger partial charge in [-0.1, -0.05) is 46.8 Å². The van der Waals surface area contributed by atoms with Gasteiger partial charge in [-0.25, -0.2) is 0 Å². The van der Waals surface area contributed by atoms with E-state index in [1.54, 1.807) is 0 Å². The molecule has 4 saturated carbocycles. The number of rotatable bonds is 4. The lowest BCUT2D eigenvalue weighted by Gasteiger charge is -2.62. The van der Waals surface area contributed by atoms with Crippen LogP contribution in [0.25, 0.3) is 0 Å². The van der Waals surface area contributed by atoms with E-state index in [0.29, 0.717) is 23.7 Å². The second kappa shape index (κ2) is 8.42. The second-order valence-corrected chi connectivity index (χ2v) is 12.6. The predicted molar refractivity (Wildman–Crippen MR) is 123 cm³/mol. The molecule has 0 aliphatic heterocycles. The van der Waals surface area contributed by atoms with E-state index >= 15 is 0 Å². The van der Waals surface area contributed by atoms with Crippen LogP contribution in [-0.2, 0) is 0 Å². The van der Waals surface area contributed by atoms with Gasteiger partial charge in [0.1, 0.15) is 0 Å². The van der Waals surface area contributed by atoms with Crippen LogP contribution in [0.4, 0.5) is 0 Å². The van der Waals surface area contributed by atoms with Crippen LogP contribution >= 0.6 is 0 Å². The number of fused-ring (bicyclic) bond motifs is 5. The fraction of sp³-hybridized carbons (Fsp3) is 0.926. The van der Waals surface area contributed by atoms with Crippen molar-refractivity contribution in [2.24, 2.45) is 52.3 Å². The number of hydrogen-bond acceptors (Lipinski definition) is 4. The van der Waals surface area contributed by atoms with E-state index in [2.05, 4.69) is 26.8 Å². The van der Waals surface area contributed by atoms with Crippen LogP contribution in [-0.4, -0.2) is 44.8 Å². The molecular weight excluding hydrogens is 388 g/mol. The fourth-order valence-electron chi connectivity index (χ4n) is 8.85. The second-order valence-electron chi connectivity index (χ2n) is 12.6. The van der Waals surface area contributed by atoms with Gasteiger partial charge in [-0.3, -0.25) is 0 Å². The first-order valence-corrected chi connectivity index (χ1v) is 12.9. The molecule has 0 saturated heterocycles. The summed E-state index contributed by atoms with van der Waals surface area (Å²) in [6.45, 7) is 11.1. The summed E-state index contributed by atoms with van der Waals surface area (Å²) < 4.78 is 0. The third kappa shape index (κ3) is 3.84. The molecule has 4 aliphatic rings. The lowest BCUT2D eigenvalue weighted by Crippen LogP contribution is -2.59. The van der Waals surface area contributed by atoms with Crippen LogP contribution in [0.5, 0.6) is 0 Å². The molecule has 0 spiro atoms. The molecule has 12 atom stereocenters. The molecule has 4 aliphatic carbocycles. The minimum absolute atomic E-state index is 0.0736. The molecule has 31 heavy (non-hydrogen) atoms. The first kappa shape index (κ1) is 23.7. The predicted octanol–water partition coefficient (Wildman–Crippen LogP) is 4.16. The number of aliphatic hydroxyl groups is 4. The highest BCUT2D eigenvalue weighted by molar-refractivity contribution is 5.14. The summed E-state index contributed by atoms with van der Waals surface area (Å²) >= 11 is 0. The number of hydrogen-bond donors (Lipinski definition) is 4. The van der Waals surface area contributed by atoms with Gasteiger partial charge in [-0.2, -0.15) is 0 Å². The Kier molecular flexibility index (Phi) is 6.44. The van der Waals surface area contributed by atoms with Gasteiger partial charge in [0.05, 0.1) is 24.4 Å². The Balaban J connectivity index is 1.58. The van der Waals surface area contributed by atoms with Crippen LogP contribution in [0.3, 0.4) is 0 Å². The van der Waals surface area contributed by atoms with Gasteiger partial charge in [0.15, 0.2) is 0 Å². The molecule has 0 aromatic carbocycles. The average molecular weight is 435 g/mol. The zero-order valence-corrected chi connectivity index (χ0v) is 20.2. The molecule has 4 fully saturated rings. The summed E-state index contributed by atoms with van der Waals surface area (Å²) in [7, 11) is 0. The summed E-state index contributed by atoms with van der Waals surface area (Å²) in [6.07, 6.45) is 9.23.